The summed E-state index contributed by atoms with van der Waals surface area (Å²) in [6, 6.07) is 25.5. The van der Waals surface area contributed by atoms with Gasteiger partial charge in [0.2, 0.25) is 11.8 Å². The molecule has 268 valence electrons. The number of aliphatic hydroxyl groups excluding tert-OH is 1. The highest BCUT2D eigenvalue weighted by Gasteiger charge is 2.76. The van der Waals surface area contributed by atoms with E-state index in [0.717, 1.165) is 30.0 Å². The van der Waals surface area contributed by atoms with Crippen LogP contribution in [0.1, 0.15) is 25.8 Å². The molecule has 0 radical (unpaired) electrons. The van der Waals surface area contributed by atoms with E-state index in [9.17, 15) is 9.90 Å². The summed E-state index contributed by atoms with van der Waals surface area (Å²) in [5, 5.41) is 10.8. The lowest BCUT2D eigenvalue weighted by Crippen LogP contribution is -2.58. The summed E-state index contributed by atoms with van der Waals surface area (Å²) in [5.74, 6) is -2.08. The Morgan fingerprint density at radius 2 is 1.45 bits per heavy atom. The first-order valence-electron chi connectivity index (χ1n) is 17.8. The van der Waals surface area contributed by atoms with Gasteiger partial charge >= 0.3 is 0 Å². The van der Waals surface area contributed by atoms with Crippen LogP contribution >= 0.6 is 27.7 Å². The maximum atomic E-state index is 15.3. The topological polar surface area (TPSA) is 84.4 Å². The van der Waals surface area contributed by atoms with Crippen LogP contribution in [0, 0.1) is 11.8 Å². The second-order valence-electron chi connectivity index (χ2n) is 13.4. The molecule has 3 aromatic carbocycles. The number of para-hydroxylation sites is 1. The Bertz CT molecular complexity index is 1720. The highest BCUT2D eigenvalue weighted by molar-refractivity contribution is 9.09. The largest absolute Gasteiger partial charge is 0.394 e. The zero-order chi connectivity index (χ0) is 36.3. The van der Waals surface area contributed by atoms with Gasteiger partial charge in [-0.05, 0) is 68.7 Å². The zero-order valence-corrected chi connectivity index (χ0v) is 31.7. The molecule has 3 saturated heterocycles. The molecular weight excluding hydrogens is 724 g/mol. The number of hydrogen-bond acceptors (Lipinski definition) is 6. The highest BCUT2D eigenvalue weighted by atomic mass is 79.9. The van der Waals surface area contributed by atoms with Crippen LogP contribution in [-0.2, 0) is 20.8 Å². The molecule has 0 aromatic heterocycles. The maximum absolute atomic E-state index is 15.3. The number of likely N-dealkylation sites (tertiary alicyclic amines) is 1. The van der Waals surface area contributed by atoms with Gasteiger partial charge in [0.05, 0.1) is 29.2 Å². The first-order valence-corrected chi connectivity index (χ1v) is 19.6. The van der Waals surface area contributed by atoms with Gasteiger partial charge in [0, 0.05) is 53.3 Å². The quantitative estimate of drug-likeness (QED) is 0.144. The molecule has 3 heterocycles. The molecule has 3 aliphatic rings. The van der Waals surface area contributed by atoms with Crippen LogP contribution in [0.2, 0.25) is 0 Å². The summed E-state index contributed by atoms with van der Waals surface area (Å²) in [6.07, 6.45) is 4.30. The molecule has 3 aliphatic heterocycles. The molecule has 2 bridgehead atoms. The number of thioether (sulfide) groups is 1. The van der Waals surface area contributed by atoms with Crippen molar-refractivity contribution in [2.45, 2.75) is 53.6 Å². The monoisotopic (exact) mass is 770 g/mol. The zero-order valence-electron chi connectivity index (χ0n) is 29.3. The lowest BCUT2D eigenvalue weighted by molar-refractivity contribution is -0.141. The Labute approximate surface area is 314 Å². The Hall–Kier alpha value is -3.86. The van der Waals surface area contributed by atoms with Crippen LogP contribution in [0.4, 0.5) is 17.1 Å². The Morgan fingerprint density at radius 3 is 2.02 bits per heavy atom. The number of anilines is 3. The SMILES string of the molecule is C=CCN(C(=O)C1N([C@@H](CO)Cc2ccccc2)C(=O)[C@@H]2[C@H](C(=O)N(CC=C)c3ccccc3)[C@H]3SC12CC3Br)c1ccc(N(CC)CC)cc1. The summed E-state index contributed by atoms with van der Waals surface area (Å²) >= 11 is 5.52. The van der Waals surface area contributed by atoms with Crippen molar-refractivity contribution in [3.63, 3.8) is 0 Å². The molecule has 1 spiro atoms. The van der Waals surface area contributed by atoms with Crippen LogP contribution in [0.5, 0.6) is 0 Å². The van der Waals surface area contributed by atoms with Crippen LogP contribution in [-0.4, -0.2) is 87.4 Å². The fourth-order valence-corrected chi connectivity index (χ4v) is 12.0. The van der Waals surface area contributed by atoms with E-state index in [0.29, 0.717) is 18.5 Å². The van der Waals surface area contributed by atoms with Gasteiger partial charge in [0.25, 0.3) is 5.91 Å². The van der Waals surface area contributed by atoms with Gasteiger partial charge in [-0.15, -0.1) is 24.9 Å². The number of alkyl halides is 1. The fraction of sp³-hybridized carbons (Fsp3) is 0.390. The van der Waals surface area contributed by atoms with Gasteiger partial charge in [-0.3, -0.25) is 14.4 Å². The summed E-state index contributed by atoms with van der Waals surface area (Å²) in [4.78, 5) is 52.4. The molecule has 10 heteroatoms. The van der Waals surface area contributed by atoms with Gasteiger partial charge in [-0.1, -0.05) is 76.6 Å². The first-order chi connectivity index (χ1) is 24.7. The second-order valence-corrected chi connectivity index (χ2v) is 16.2. The Morgan fingerprint density at radius 1 is 0.902 bits per heavy atom. The smallest absolute Gasteiger partial charge is 0.251 e. The predicted octanol–water partition coefficient (Wildman–Crippen LogP) is 6.34. The van der Waals surface area contributed by atoms with Gasteiger partial charge in [-0.2, -0.15) is 0 Å². The molecule has 3 unspecified atom stereocenters. The average molecular weight is 772 g/mol. The molecule has 51 heavy (non-hydrogen) atoms. The number of benzene rings is 3. The van der Waals surface area contributed by atoms with Crippen molar-refractivity contribution in [1.29, 1.82) is 0 Å². The van der Waals surface area contributed by atoms with Gasteiger partial charge in [0.1, 0.15) is 6.04 Å². The summed E-state index contributed by atoms with van der Waals surface area (Å²) in [6.45, 7) is 14.0. The van der Waals surface area contributed by atoms with Crippen molar-refractivity contribution in [2.75, 3.05) is 47.5 Å². The number of nitrogens with zero attached hydrogens (tertiary/aromatic N) is 4. The van der Waals surface area contributed by atoms with Crippen LogP contribution in [0.25, 0.3) is 0 Å². The van der Waals surface area contributed by atoms with Crippen molar-refractivity contribution >= 4 is 62.5 Å². The van der Waals surface area contributed by atoms with Gasteiger partial charge in [-0.25, -0.2) is 0 Å². The molecule has 0 aliphatic carbocycles. The van der Waals surface area contributed by atoms with E-state index in [4.69, 9.17) is 0 Å². The van der Waals surface area contributed by atoms with Crippen molar-refractivity contribution in [1.82, 2.24) is 4.90 Å². The molecule has 3 amide bonds. The van der Waals surface area contributed by atoms with E-state index in [1.165, 1.54) is 0 Å². The number of hydrogen-bond donors (Lipinski definition) is 1. The normalized spacial score (nSPS) is 25.3. The molecule has 0 saturated carbocycles. The predicted molar refractivity (Wildman–Crippen MR) is 212 cm³/mol. The second kappa shape index (κ2) is 15.8. The lowest BCUT2D eigenvalue weighted by atomic mass is 9.70. The third-order valence-electron chi connectivity index (χ3n) is 10.7. The number of carbonyl (C=O) groups is 3. The van der Waals surface area contributed by atoms with E-state index in [2.05, 4.69) is 47.8 Å². The summed E-state index contributed by atoms with van der Waals surface area (Å²) < 4.78 is -0.894. The third-order valence-corrected chi connectivity index (χ3v) is 13.9. The molecule has 6 rings (SSSR count). The van der Waals surface area contributed by atoms with Crippen LogP contribution < -0.4 is 14.7 Å². The number of aliphatic hydroxyl groups is 1. The number of fused-ring (bicyclic) bond motifs is 1. The number of rotatable bonds is 15. The summed E-state index contributed by atoms with van der Waals surface area (Å²) in [5.41, 5.74) is 3.44. The lowest BCUT2D eigenvalue weighted by Gasteiger charge is -2.40. The number of halogens is 1. The van der Waals surface area contributed by atoms with Gasteiger partial charge in [0.15, 0.2) is 0 Å². The minimum Gasteiger partial charge on any atom is -0.394 e. The van der Waals surface area contributed by atoms with Crippen molar-refractivity contribution in [3.8, 4) is 0 Å². The highest BCUT2D eigenvalue weighted by Crippen LogP contribution is 2.68. The van der Waals surface area contributed by atoms with E-state index in [1.54, 1.807) is 38.6 Å². The molecular formula is C41H47BrN4O4S. The minimum absolute atomic E-state index is 0.0972. The molecule has 7 atom stereocenters. The van der Waals surface area contributed by atoms with E-state index in [-0.39, 0.29) is 47.5 Å². The maximum Gasteiger partial charge on any atom is 0.251 e. The van der Waals surface area contributed by atoms with Crippen molar-refractivity contribution in [3.05, 3.63) is 116 Å². The van der Waals surface area contributed by atoms with Crippen LogP contribution in [0.3, 0.4) is 0 Å². The van der Waals surface area contributed by atoms with Crippen molar-refractivity contribution in [2.24, 2.45) is 11.8 Å². The van der Waals surface area contributed by atoms with E-state index < -0.39 is 28.7 Å². The molecule has 8 nitrogen and oxygen atoms in total. The van der Waals surface area contributed by atoms with E-state index >= 15 is 9.59 Å². The minimum atomic E-state index is -0.921. The molecule has 3 aromatic rings. The molecule has 3 fully saturated rings. The van der Waals surface area contributed by atoms with Crippen molar-refractivity contribution < 1.29 is 19.5 Å². The average Bonchev–Trinajstić information content (AvgIpc) is 3.76. The summed E-state index contributed by atoms with van der Waals surface area (Å²) in [7, 11) is 0. The third kappa shape index (κ3) is 6.66. The Kier molecular flexibility index (Phi) is 11.4. The first kappa shape index (κ1) is 36.9. The van der Waals surface area contributed by atoms with E-state index in [1.807, 2.05) is 84.9 Å². The fourth-order valence-electron chi connectivity index (χ4n) is 8.43. The van der Waals surface area contributed by atoms with Gasteiger partial charge < -0.3 is 24.7 Å². The molecule has 1 N–H and O–H groups in total. The Balaban J connectivity index is 1.45. The number of amides is 3. The number of carbonyl (C=O) groups excluding carboxylic acids is 3. The standard InChI is InChI=1S/C41H47BrN4O4S/c1-5-23-44(30-17-13-10-14-18-30)38(48)34-35-39(49)46(32(27-47)25-28-15-11-9-12-16-28)37(41(35)26-33(42)36(34)51-41)40(50)45(24-6-2)31-21-19-29(20-22-31)43(7-3)8-4/h5-6,9-22,32-37,47H,1-2,7-8,23-27H2,3-4H3/t32-,33?,34+,35+,36+,37?,41?/m1/s1. The van der Waals surface area contributed by atoms with Crippen LogP contribution in [0.15, 0.2) is 110 Å².